The highest BCUT2D eigenvalue weighted by atomic mass is 15.2. The minimum atomic E-state index is -0.0976. The smallest absolute Gasteiger partial charge is 0.0541 e. The fourth-order valence-electron chi connectivity index (χ4n) is 9.96. The van der Waals surface area contributed by atoms with Crippen molar-refractivity contribution in [1.82, 2.24) is 4.57 Å². The van der Waals surface area contributed by atoms with Crippen molar-refractivity contribution in [3.63, 3.8) is 0 Å². The van der Waals surface area contributed by atoms with Gasteiger partial charge in [-0.1, -0.05) is 178 Å². The average molecular weight is 731 g/mol. The molecule has 8 aromatic carbocycles. The number of hydrogen-bond acceptors (Lipinski definition) is 1. The van der Waals surface area contributed by atoms with Crippen LogP contribution in [0.2, 0.25) is 0 Å². The van der Waals surface area contributed by atoms with E-state index in [1.54, 1.807) is 0 Å². The Morgan fingerprint density at radius 2 is 1.04 bits per heavy atom. The molecular formula is C55H42N2. The Bertz CT molecular complexity index is 3160. The summed E-state index contributed by atoms with van der Waals surface area (Å²) in [6.07, 6.45) is 4.29. The minimum Gasteiger partial charge on any atom is -0.312 e. The average Bonchev–Trinajstić information content (AvgIpc) is 3.73. The van der Waals surface area contributed by atoms with Crippen LogP contribution in [0.3, 0.4) is 0 Å². The minimum absolute atomic E-state index is 0.0976. The fourth-order valence-corrected chi connectivity index (χ4v) is 9.96. The standard InChI is InChI=1S/C55H42N2/c1-55(2)46-30-12-8-26-44(46)53-43(29-17-31-47(53)55)42-25-10-14-33-49(42)57(48-32-13-9-24-41(48)40-28-16-20-37-19-6-7-23-39(37)40)52-36-18-35-51-54(52)45-27-11-15-34-50(45)56(51)38-21-4-3-5-22-38/h3-17,19-35H,18,36H2,1-2H3. The first-order valence-corrected chi connectivity index (χ1v) is 20.2. The third-order valence-corrected chi connectivity index (χ3v) is 12.5. The van der Waals surface area contributed by atoms with Crippen LogP contribution in [0.5, 0.6) is 0 Å². The molecule has 9 aromatic rings. The molecule has 0 N–H and O–H groups in total. The largest absolute Gasteiger partial charge is 0.312 e. The molecule has 272 valence electrons. The van der Waals surface area contributed by atoms with Crippen LogP contribution in [0.1, 0.15) is 37.8 Å². The molecule has 0 bridgehead atoms. The van der Waals surface area contributed by atoms with E-state index in [1.807, 2.05) is 0 Å². The van der Waals surface area contributed by atoms with E-state index in [4.69, 9.17) is 0 Å². The zero-order chi connectivity index (χ0) is 38.1. The summed E-state index contributed by atoms with van der Waals surface area (Å²) in [5.41, 5.74) is 16.4. The number of aromatic nitrogens is 1. The Balaban J connectivity index is 1.27. The summed E-state index contributed by atoms with van der Waals surface area (Å²) in [5.74, 6) is 0. The summed E-state index contributed by atoms with van der Waals surface area (Å²) < 4.78 is 2.47. The van der Waals surface area contributed by atoms with Gasteiger partial charge in [0.25, 0.3) is 0 Å². The molecule has 0 fully saturated rings. The van der Waals surface area contributed by atoms with Crippen molar-refractivity contribution >= 4 is 44.8 Å². The summed E-state index contributed by atoms with van der Waals surface area (Å²) in [7, 11) is 0. The molecule has 0 saturated carbocycles. The molecule has 0 atom stereocenters. The first-order chi connectivity index (χ1) is 28.1. The topological polar surface area (TPSA) is 8.17 Å². The van der Waals surface area contributed by atoms with E-state index < -0.39 is 0 Å². The predicted octanol–water partition coefficient (Wildman–Crippen LogP) is 12.9. The summed E-state index contributed by atoms with van der Waals surface area (Å²) in [6.45, 7) is 4.75. The van der Waals surface area contributed by atoms with Crippen LogP contribution in [-0.4, -0.2) is 4.57 Å². The second kappa shape index (κ2) is 13.1. The van der Waals surface area contributed by atoms with E-state index >= 15 is 0 Å². The zero-order valence-corrected chi connectivity index (χ0v) is 32.3. The van der Waals surface area contributed by atoms with E-state index in [1.165, 1.54) is 99.5 Å². The number of nitrogens with zero attached hydrogens (tertiary/aromatic N) is 2. The molecular weight excluding hydrogens is 689 g/mol. The van der Waals surface area contributed by atoms with Crippen molar-refractivity contribution in [2.75, 3.05) is 4.90 Å². The maximum Gasteiger partial charge on any atom is 0.0541 e. The number of hydrogen-bond donors (Lipinski definition) is 0. The lowest BCUT2D eigenvalue weighted by atomic mass is 9.82. The normalized spacial score (nSPS) is 13.9. The van der Waals surface area contributed by atoms with Gasteiger partial charge in [-0.05, 0) is 87.3 Å². The number of anilines is 2. The molecule has 0 amide bonds. The van der Waals surface area contributed by atoms with Gasteiger partial charge < -0.3 is 9.47 Å². The third kappa shape index (κ3) is 5.10. The van der Waals surface area contributed by atoms with Gasteiger partial charge in [-0.25, -0.2) is 0 Å². The Morgan fingerprint density at radius 1 is 0.474 bits per heavy atom. The van der Waals surface area contributed by atoms with Gasteiger partial charge in [-0.2, -0.15) is 0 Å². The quantitative estimate of drug-likeness (QED) is 0.165. The van der Waals surface area contributed by atoms with Crippen molar-refractivity contribution < 1.29 is 0 Å². The first kappa shape index (κ1) is 33.4. The molecule has 0 radical (unpaired) electrons. The van der Waals surface area contributed by atoms with E-state index in [9.17, 15) is 0 Å². The lowest BCUT2D eigenvalue weighted by Gasteiger charge is -2.33. The van der Waals surface area contributed by atoms with E-state index in [0.717, 1.165) is 12.8 Å². The number of rotatable bonds is 6. The van der Waals surface area contributed by atoms with Gasteiger partial charge in [-0.3, -0.25) is 0 Å². The summed E-state index contributed by atoms with van der Waals surface area (Å²) in [6, 6.07) is 69.4. The summed E-state index contributed by atoms with van der Waals surface area (Å²) in [5, 5.41) is 6.32. The summed E-state index contributed by atoms with van der Waals surface area (Å²) >= 11 is 0. The number of fused-ring (bicyclic) bond motifs is 7. The van der Waals surface area contributed by atoms with Crippen LogP contribution in [0, 0.1) is 0 Å². The lowest BCUT2D eigenvalue weighted by molar-refractivity contribution is 0.660. The molecule has 2 nitrogen and oxygen atoms in total. The van der Waals surface area contributed by atoms with E-state index in [2.05, 4.69) is 217 Å². The Labute approximate surface area is 333 Å². The van der Waals surface area contributed by atoms with Crippen molar-refractivity contribution in [2.45, 2.75) is 32.1 Å². The van der Waals surface area contributed by atoms with E-state index in [0.29, 0.717) is 0 Å². The molecule has 57 heavy (non-hydrogen) atoms. The Morgan fingerprint density at radius 3 is 1.84 bits per heavy atom. The molecule has 1 heterocycles. The van der Waals surface area contributed by atoms with Crippen LogP contribution in [0.4, 0.5) is 11.4 Å². The monoisotopic (exact) mass is 730 g/mol. The van der Waals surface area contributed by atoms with Crippen molar-refractivity contribution in [3.05, 3.63) is 210 Å². The fraction of sp³-hybridized carbons (Fsp3) is 0.0909. The molecule has 0 saturated heterocycles. The van der Waals surface area contributed by atoms with Crippen LogP contribution >= 0.6 is 0 Å². The highest BCUT2D eigenvalue weighted by Crippen LogP contribution is 2.54. The second-order valence-corrected chi connectivity index (χ2v) is 15.9. The van der Waals surface area contributed by atoms with Crippen LogP contribution < -0.4 is 15.5 Å². The van der Waals surface area contributed by atoms with Gasteiger partial charge in [0, 0.05) is 38.5 Å². The highest BCUT2D eigenvalue weighted by Gasteiger charge is 2.37. The van der Waals surface area contributed by atoms with Gasteiger partial charge in [-0.15, -0.1) is 0 Å². The van der Waals surface area contributed by atoms with Gasteiger partial charge in [0.05, 0.1) is 22.2 Å². The molecule has 2 aliphatic carbocycles. The molecule has 1 aromatic heterocycles. The van der Waals surface area contributed by atoms with Crippen molar-refractivity contribution in [2.24, 2.45) is 0 Å². The van der Waals surface area contributed by atoms with Crippen molar-refractivity contribution in [1.29, 1.82) is 0 Å². The predicted molar refractivity (Wildman–Crippen MR) is 241 cm³/mol. The van der Waals surface area contributed by atoms with Crippen LogP contribution in [-0.2, 0) is 5.41 Å². The maximum absolute atomic E-state index is 2.63. The molecule has 2 aliphatic rings. The molecule has 0 unspecified atom stereocenters. The number of para-hydroxylation sites is 4. The molecule has 2 heteroatoms. The maximum atomic E-state index is 2.63. The third-order valence-electron chi connectivity index (χ3n) is 12.5. The van der Waals surface area contributed by atoms with Gasteiger partial charge in [0.15, 0.2) is 0 Å². The first-order valence-electron chi connectivity index (χ1n) is 20.2. The van der Waals surface area contributed by atoms with Crippen LogP contribution in [0.15, 0.2) is 188 Å². The number of benzene rings is 8. The second-order valence-electron chi connectivity index (χ2n) is 15.9. The Kier molecular flexibility index (Phi) is 7.69. The Hall–Kier alpha value is -6.90. The zero-order valence-electron chi connectivity index (χ0n) is 32.3. The van der Waals surface area contributed by atoms with E-state index in [-0.39, 0.29) is 5.41 Å². The molecule has 0 aliphatic heterocycles. The van der Waals surface area contributed by atoms with Gasteiger partial charge in [0.1, 0.15) is 0 Å². The molecule has 11 rings (SSSR count). The SMILES string of the molecule is CC1(C)c2ccccc2-c2c(-c3ccccc3N(C3=c4c(n(-c5ccccc5)c5ccccc45)=CCC3)c3ccccc3-c3cccc4ccccc34)cccc21. The lowest BCUT2D eigenvalue weighted by Crippen LogP contribution is -2.37. The van der Waals surface area contributed by atoms with Crippen LogP contribution in [0.25, 0.3) is 72.5 Å². The summed E-state index contributed by atoms with van der Waals surface area (Å²) in [4.78, 5) is 2.63. The van der Waals surface area contributed by atoms with Gasteiger partial charge in [0.2, 0.25) is 0 Å². The van der Waals surface area contributed by atoms with Crippen molar-refractivity contribution in [3.8, 4) is 39.1 Å². The molecule has 0 spiro atoms. The van der Waals surface area contributed by atoms with Gasteiger partial charge >= 0.3 is 0 Å². The highest BCUT2D eigenvalue weighted by molar-refractivity contribution is 6.05.